The van der Waals surface area contributed by atoms with Crippen LogP contribution < -0.4 is 5.32 Å². The van der Waals surface area contributed by atoms with Crippen molar-refractivity contribution in [1.29, 1.82) is 0 Å². The lowest BCUT2D eigenvalue weighted by Crippen LogP contribution is -2.48. The van der Waals surface area contributed by atoms with Gasteiger partial charge in [0.2, 0.25) is 5.91 Å². The van der Waals surface area contributed by atoms with Crippen molar-refractivity contribution in [3.63, 3.8) is 0 Å². The van der Waals surface area contributed by atoms with Crippen LogP contribution in [0.3, 0.4) is 0 Å². The number of hydrogen-bond donors (Lipinski definition) is 1. The van der Waals surface area contributed by atoms with Gasteiger partial charge in [-0.05, 0) is 19.9 Å². The lowest BCUT2D eigenvalue weighted by Gasteiger charge is -2.32. The molecule has 0 aliphatic carbocycles. The van der Waals surface area contributed by atoms with Crippen LogP contribution in [0.4, 0.5) is 0 Å². The molecule has 17 heavy (non-hydrogen) atoms. The molecule has 1 rings (SSSR count). The summed E-state index contributed by atoms with van der Waals surface area (Å²) in [7, 11) is -1.34. The number of carbonyl (C=O) groups excluding carboxylic acids is 1. The van der Waals surface area contributed by atoms with Gasteiger partial charge in [-0.15, -0.1) is 12.4 Å². The molecule has 0 aromatic carbocycles. The van der Waals surface area contributed by atoms with Gasteiger partial charge in [0.05, 0.1) is 0 Å². The number of piperidine rings is 1. The summed E-state index contributed by atoms with van der Waals surface area (Å²) in [6.07, 6.45) is 1.98. The van der Waals surface area contributed by atoms with Gasteiger partial charge in [0.1, 0.15) is 5.75 Å². The van der Waals surface area contributed by atoms with Gasteiger partial charge in [0, 0.05) is 24.9 Å². The van der Waals surface area contributed by atoms with Crippen LogP contribution in [0.1, 0.15) is 19.8 Å². The monoisotopic (exact) mass is 284 g/mol. The number of sulfone groups is 1. The fourth-order valence-corrected chi connectivity index (χ4v) is 2.58. The fraction of sp³-hybridized carbons (Fsp3) is 0.900. The zero-order chi connectivity index (χ0) is 12.2. The minimum Gasteiger partial charge on any atom is -0.340 e. The first-order valence-corrected chi connectivity index (χ1v) is 7.46. The number of hydrogen-bond acceptors (Lipinski definition) is 4. The first-order valence-electron chi connectivity index (χ1n) is 5.64. The number of carbonyl (C=O) groups is 1. The minimum atomic E-state index is -3.20. The molecule has 0 spiro atoms. The molecule has 1 unspecified atom stereocenters. The topological polar surface area (TPSA) is 66.5 Å². The second-order valence-electron chi connectivity index (χ2n) is 4.14. The van der Waals surface area contributed by atoms with Crippen molar-refractivity contribution in [3.05, 3.63) is 0 Å². The van der Waals surface area contributed by atoms with E-state index in [2.05, 4.69) is 5.32 Å². The third-order valence-corrected chi connectivity index (χ3v) is 4.53. The molecule has 7 heteroatoms. The number of halogens is 1. The van der Waals surface area contributed by atoms with Gasteiger partial charge in [-0.1, -0.05) is 6.92 Å². The molecule has 1 heterocycles. The highest BCUT2D eigenvalue weighted by molar-refractivity contribution is 7.92. The maximum absolute atomic E-state index is 11.8. The molecular formula is C10H21ClN2O3S. The Hall–Kier alpha value is -0.330. The molecule has 102 valence electrons. The molecule has 0 aromatic heterocycles. The largest absolute Gasteiger partial charge is 0.340 e. The highest BCUT2D eigenvalue weighted by Gasteiger charge is 2.25. The van der Waals surface area contributed by atoms with Crippen molar-refractivity contribution < 1.29 is 13.2 Å². The Morgan fingerprint density at radius 1 is 1.47 bits per heavy atom. The molecule has 5 nitrogen and oxygen atoms in total. The number of likely N-dealkylation sites (N-methyl/N-ethyl adjacent to an activating group) is 1. The Morgan fingerprint density at radius 3 is 2.65 bits per heavy atom. The van der Waals surface area contributed by atoms with Gasteiger partial charge in [-0.25, -0.2) is 8.42 Å². The van der Waals surface area contributed by atoms with Crippen LogP contribution in [0.15, 0.2) is 0 Å². The van der Waals surface area contributed by atoms with E-state index in [1.165, 1.54) is 0 Å². The molecule has 0 bridgehead atoms. The lowest BCUT2D eigenvalue weighted by molar-refractivity contribution is -0.129. The van der Waals surface area contributed by atoms with Crippen molar-refractivity contribution in [3.8, 4) is 0 Å². The molecule has 0 radical (unpaired) electrons. The number of nitrogens with zero attached hydrogens (tertiary/aromatic N) is 1. The summed E-state index contributed by atoms with van der Waals surface area (Å²) >= 11 is 0. The highest BCUT2D eigenvalue weighted by Crippen LogP contribution is 2.10. The fourth-order valence-electron chi connectivity index (χ4n) is 1.82. The van der Waals surface area contributed by atoms with Gasteiger partial charge in [0.15, 0.2) is 9.84 Å². The average Bonchev–Trinajstić information content (AvgIpc) is 2.28. The Balaban J connectivity index is 0.00000256. The number of amides is 1. The summed E-state index contributed by atoms with van der Waals surface area (Å²) in [6.45, 7) is 2.86. The predicted molar refractivity (Wildman–Crippen MR) is 70.2 cm³/mol. The van der Waals surface area contributed by atoms with Crippen LogP contribution >= 0.6 is 12.4 Å². The van der Waals surface area contributed by atoms with E-state index in [4.69, 9.17) is 0 Å². The first-order chi connectivity index (χ1) is 7.48. The summed E-state index contributed by atoms with van der Waals surface area (Å²) in [5.74, 6) is -0.580. The molecule has 0 aromatic rings. The zero-order valence-corrected chi connectivity index (χ0v) is 11.9. The predicted octanol–water partition coefficient (Wildman–Crippen LogP) is 0.0533. The molecule has 1 N–H and O–H groups in total. The first kappa shape index (κ1) is 16.7. The van der Waals surface area contributed by atoms with Gasteiger partial charge < -0.3 is 10.2 Å². The van der Waals surface area contributed by atoms with Crippen LogP contribution in [-0.2, 0) is 14.6 Å². The molecule has 1 fully saturated rings. The molecule has 1 amide bonds. The molecule has 1 saturated heterocycles. The standard InChI is InChI=1S/C10H20N2O3S.ClH/c1-3-16(14,15)8-10(13)12-6-4-5-9(7-12)11-2;/h9,11H,3-8H2,1-2H3;1H. The molecule has 0 saturated carbocycles. The summed E-state index contributed by atoms with van der Waals surface area (Å²) in [6, 6.07) is 0.294. The maximum Gasteiger partial charge on any atom is 0.237 e. The van der Waals surface area contributed by atoms with E-state index in [1.54, 1.807) is 11.8 Å². The van der Waals surface area contributed by atoms with Crippen molar-refractivity contribution in [1.82, 2.24) is 10.2 Å². The third kappa shape index (κ3) is 5.23. The zero-order valence-electron chi connectivity index (χ0n) is 10.3. The van der Waals surface area contributed by atoms with Crippen LogP contribution in [0.25, 0.3) is 0 Å². The molecular weight excluding hydrogens is 264 g/mol. The third-order valence-electron chi connectivity index (χ3n) is 2.97. The van der Waals surface area contributed by atoms with E-state index < -0.39 is 9.84 Å². The Kier molecular flexibility index (Phi) is 7.04. The summed E-state index contributed by atoms with van der Waals surface area (Å²) < 4.78 is 22.7. The Bertz CT molecular complexity index is 345. The van der Waals surface area contributed by atoms with Crippen LogP contribution in [0.5, 0.6) is 0 Å². The smallest absolute Gasteiger partial charge is 0.237 e. The van der Waals surface area contributed by atoms with E-state index in [1.807, 2.05) is 7.05 Å². The van der Waals surface area contributed by atoms with Crippen LogP contribution in [0, 0.1) is 0 Å². The Labute approximate surface area is 109 Å². The van der Waals surface area contributed by atoms with Crippen LogP contribution in [-0.4, -0.2) is 56.9 Å². The van der Waals surface area contributed by atoms with Gasteiger partial charge in [-0.3, -0.25) is 4.79 Å². The van der Waals surface area contributed by atoms with E-state index in [0.717, 1.165) is 12.8 Å². The second kappa shape index (κ2) is 7.18. The molecule has 1 aliphatic heterocycles. The maximum atomic E-state index is 11.8. The van der Waals surface area contributed by atoms with Crippen molar-refractivity contribution >= 4 is 28.2 Å². The lowest BCUT2D eigenvalue weighted by atomic mass is 10.1. The SMILES string of the molecule is CCS(=O)(=O)CC(=O)N1CCCC(NC)C1.Cl. The van der Waals surface area contributed by atoms with Crippen molar-refractivity contribution in [2.24, 2.45) is 0 Å². The molecule has 1 atom stereocenters. The normalized spacial score (nSPS) is 20.8. The summed E-state index contributed by atoms with van der Waals surface area (Å²) in [5.41, 5.74) is 0. The van der Waals surface area contributed by atoms with Gasteiger partial charge in [-0.2, -0.15) is 0 Å². The summed E-state index contributed by atoms with van der Waals surface area (Å²) in [5, 5.41) is 3.12. The summed E-state index contributed by atoms with van der Waals surface area (Å²) in [4.78, 5) is 13.4. The second-order valence-corrected chi connectivity index (χ2v) is 6.50. The van der Waals surface area contributed by atoms with E-state index in [0.29, 0.717) is 19.1 Å². The van der Waals surface area contributed by atoms with Crippen molar-refractivity contribution in [2.45, 2.75) is 25.8 Å². The quantitative estimate of drug-likeness (QED) is 0.792. The van der Waals surface area contributed by atoms with Crippen molar-refractivity contribution in [2.75, 3.05) is 31.6 Å². The van der Waals surface area contributed by atoms with Crippen LogP contribution in [0.2, 0.25) is 0 Å². The highest BCUT2D eigenvalue weighted by atomic mass is 35.5. The number of rotatable bonds is 4. The average molecular weight is 285 g/mol. The van der Waals surface area contributed by atoms with E-state index in [-0.39, 0.29) is 29.8 Å². The molecule has 1 aliphatic rings. The Morgan fingerprint density at radius 2 is 2.12 bits per heavy atom. The number of likely N-dealkylation sites (tertiary alicyclic amines) is 1. The van der Waals surface area contributed by atoms with Gasteiger partial charge in [0.25, 0.3) is 0 Å². The number of nitrogens with one attached hydrogen (secondary N) is 1. The van der Waals surface area contributed by atoms with E-state index in [9.17, 15) is 13.2 Å². The minimum absolute atomic E-state index is 0. The van der Waals surface area contributed by atoms with Gasteiger partial charge >= 0.3 is 0 Å². The van der Waals surface area contributed by atoms with E-state index >= 15 is 0 Å².